The van der Waals surface area contributed by atoms with Gasteiger partial charge in [-0.1, -0.05) is 29.3 Å². The Morgan fingerprint density at radius 2 is 1.95 bits per heavy atom. The Morgan fingerprint density at radius 3 is 2.56 bits per heavy atom. The molecule has 0 radical (unpaired) electrons. The van der Waals surface area contributed by atoms with E-state index in [1.54, 1.807) is 12.1 Å². The zero-order chi connectivity index (χ0) is 27.9. The second kappa shape index (κ2) is 10.6. The molecule has 2 aliphatic rings. The number of thiophene rings is 1. The molecule has 208 valence electrons. The summed E-state index contributed by atoms with van der Waals surface area (Å²) in [6, 6.07) is 8.08. The van der Waals surface area contributed by atoms with Gasteiger partial charge in [-0.25, -0.2) is 0 Å². The number of aromatic nitrogens is 2. The van der Waals surface area contributed by atoms with Crippen molar-refractivity contribution in [3.63, 3.8) is 0 Å². The average Bonchev–Trinajstić information content (AvgIpc) is 3.49. The van der Waals surface area contributed by atoms with Crippen LogP contribution in [0, 0.1) is 5.41 Å². The number of carbonyl (C=O) groups is 1. The zero-order valence-electron chi connectivity index (χ0n) is 20.3. The van der Waals surface area contributed by atoms with Gasteiger partial charge in [0.15, 0.2) is 0 Å². The lowest BCUT2D eigenvalue weighted by Crippen LogP contribution is -2.41. The third-order valence-corrected chi connectivity index (χ3v) is 8.69. The molecular formula is C25H24Cl2F3N5O3S. The molecule has 1 spiro atoms. The lowest BCUT2D eigenvalue weighted by molar-refractivity contribution is -0.198. The smallest absolute Gasteiger partial charge is 0.429 e. The van der Waals surface area contributed by atoms with Crippen molar-refractivity contribution in [2.24, 2.45) is 5.41 Å². The maximum atomic E-state index is 14.4. The van der Waals surface area contributed by atoms with Gasteiger partial charge < -0.3 is 25.8 Å². The third kappa shape index (κ3) is 6.03. The Morgan fingerprint density at radius 1 is 1.21 bits per heavy atom. The van der Waals surface area contributed by atoms with E-state index in [4.69, 9.17) is 33.7 Å². The first-order chi connectivity index (χ1) is 18.4. The van der Waals surface area contributed by atoms with Gasteiger partial charge in [-0.05, 0) is 48.9 Å². The molecule has 4 heterocycles. The van der Waals surface area contributed by atoms with Crippen molar-refractivity contribution in [3.05, 3.63) is 51.3 Å². The number of halogens is 5. The number of nitrogens with one attached hydrogen (secondary N) is 1. The van der Waals surface area contributed by atoms with Crippen LogP contribution in [0.4, 0.5) is 24.9 Å². The largest absolute Gasteiger partial charge is 0.480 e. The maximum absolute atomic E-state index is 14.4. The first-order valence-corrected chi connectivity index (χ1v) is 13.6. The molecule has 0 amide bonds. The monoisotopic (exact) mass is 601 g/mol. The van der Waals surface area contributed by atoms with Crippen LogP contribution >= 0.6 is 34.5 Å². The first-order valence-electron chi connectivity index (χ1n) is 12.1. The maximum Gasteiger partial charge on any atom is 0.429 e. The van der Waals surface area contributed by atoms with Gasteiger partial charge in [0.2, 0.25) is 17.9 Å². The number of anilines is 2. The number of rotatable bonds is 6. The highest BCUT2D eigenvalue weighted by molar-refractivity contribution is 7.19. The van der Waals surface area contributed by atoms with Crippen LogP contribution in [0.2, 0.25) is 9.36 Å². The average molecular weight is 602 g/mol. The molecule has 14 heteroatoms. The molecule has 0 saturated carbocycles. The Balaban J connectivity index is 1.40. The standard InChI is InChI=1S/C25H24Cl2F3N5O3S/c26-13-1-2-14(15(9-13)17-3-4-18(27)39-17)21(25(28,29)30)38-20-10-19(33-23(31)34-20)35-7-5-24(6-8-35)11-16(22(36)37)32-12-24/h1-4,9-10,16,21,32H,5-8,11-12H2,(H,36,37)(H2,31,33,34)/t16-,21+/m0/s1. The molecule has 1 aromatic carbocycles. The van der Waals surface area contributed by atoms with Crippen LogP contribution < -0.4 is 20.7 Å². The predicted molar refractivity (Wildman–Crippen MR) is 144 cm³/mol. The highest BCUT2D eigenvalue weighted by Crippen LogP contribution is 2.44. The fraction of sp³-hybridized carbons (Fsp3) is 0.400. The van der Waals surface area contributed by atoms with Crippen LogP contribution in [-0.2, 0) is 4.79 Å². The van der Waals surface area contributed by atoms with Gasteiger partial charge in [0.25, 0.3) is 0 Å². The molecule has 5 rings (SSSR count). The molecule has 39 heavy (non-hydrogen) atoms. The molecule has 0 bridgehead atoms. The number of hydrogen-bond donors (Lipinski definition) is 3. The molecule has 2 aromatic heterocycles. The number of ether oxygens (including phenoxy) is 1. The SMILES string of the molecule is Nc1nc(O[C@H](c2ccc(Cl)cc2-c2ccc(Cl)s2)C(F)(F)F)cc(N2CCC3(CC2)CN[C@H](C(=O)O)C3)n1. The molecule has 3 aromatic rings. The lowest BCUT2D eigenvalue weighted by atomic mass is 9.76. The molecule has 2 aliphatic heterocycles. The molecule has 2 saturated heterocycles. The number of carboxylic acid groups (broad SMARTS) is 1. The zero-order valence-corrected chi connectivity index (χ0v) is 22.7. The first kappa shape index (κ1) is 27.8. The topological polar surface area (TPSA) is 114 Å². The van der Waals surface area contributed by atoms with Crippen molar-refractivity contribution in [3.8, 4) is 16.3 Å². The number of aliphatic carboxylic acids is 1. The summed E-state index contributed by atoms with van der Waals surface area (Å²) in [5, 5.41) is 12.6. The minimum absolute atomic E-state index is 0.144. The van der Waals surface area contributed by atoms with E-state index < -0.39 is 24.3 Å². The Bertz CT molecular complexity index is 1380. The molecule has 2 fully saturated rings. The molecular weight excluding hydrogens is 578 g/mol. The Hall–Kier alpha value is -2.80. The van der Waals surface area contributed by atoms with Crippen molar-refractivity contribution in [1.29, 1.82) is 0 Å². The second-order valence-electron chi connectivity index (χ2n) is 9.76. The van der Waals surface area contributed by atoms with Crippen molar-refractivity contribution < 1.29 is 27.8 Å². The van der Waals surface area contributed by atoms with Crippen LogP contribution in [0.15, 0.2) is 36.4 Å². The normalized spacial score (nSPS) is 19.8. The molecule has 0 unspecified atom stereocenters. The van der Waals surface area contributed by atoms with Crippen molar-refractivity contribution in [1.82, 2.24) is 15.3 Å². The van der Waals surface area contributed by atoms with E-state index >= 15 is 0 Å². The highest BCUT2D eigenvalue weighted by Gasteiger charge is 2.46. The van der Waals surface area contributed by atoms with Crippen LogP contribution in [0.1, 0.15) is 30.9 Å². The van der Waals surface area contributed by atoms with Gasteiger partial charge >= 0.3 is 12.1 Å². The molecule has 8 nitrogen and oxygen atoms in total. The van der Waals surface area contributed by atoms with Crippen LogP contribution in [0.25, 0.3) is 10.4 Å². The van der Waals surface area contributed by atoms with E-state index in [9.17, 15) is 23.1 Å². The summed E-state index contributed by atoms with van der Waals surface area (Å²) in [5.74, 6) is -1.07. The summed E-state index contributed by atoms with van der Waals surface area (Å²) in [4.78, 5) is 21.9. The Labute approximate surface area is 235 Å². The van der Waals surface area contributed by atoms with E-state index in [-0.39, 0.29) is 33.4 Å². The number of nitrogens with zero attached hydrogens (tertiary/aromatic N) is 3. The summed E-state index contributed by atoms with van der Waals surface area (Å²) in [5.41, 5.74) is 5.84. The van der Waals surface area contributed by atoms with Crippen molar-refractivity contribution >= 4 is 52.3 Å². The summed E-state index contributed by atoms with van der Waals surface area (Å²) in [7, 11) is 0. The van der Waals surface area contributed by atoms with Gasteiger partial charge in [0, 0.05) is 46.7 Å². The number of nitrogens with two attached hydrogens (primary N) is 1. The third-order valence-electron chi connectivity index (χ3n) is 7.19. The van der Waals surface area contributed by atoms with Crippen LogP contribution in [0.5, 0.6) is 5.88 Å². The van der Waals surface area contributed by atoms with Crippen molar-refractivity contribution in [2.75, 3.05) is 30.3 Å². The van der Waals surface area contributed by atoms with Gasteiger partial charge in [0.1, 0.15) is 11.9 Å². The molecule has 4 N–H and O–H groups in total. The van der Waals surface area contributed by atoms with Crippen molar-refractivity contribution in [2.45, 2.75) is 37.6 Å². The summed E-state index contributed by atoms with van der Waals surface area (Å²) >= 11 is 13.3. The van der Waals surface area contributed by atoms with Gasteiger partial charge in [-0.2, -0.15) is 23.1 Å². The minimum Gasteiger partial charge on any atom is -0.480 e. The van der Waals surface area contributed by atoms with Crippen LogP contribution in [0.3, 0.4) is 0 Å². The quantitative estimate of drug-likeness (QED) is 0.324. The van der Waals surface area contributed by atoms with E-state index in [1.165, 1.54) is 24.3 Å². The number of piperidine rings is 1. The fourth-order valence-electron chi connectivity index (χ4n) is 5.19. The summed E-state index contributed by atoms with van der Waals surface area (Å²) < 4.78 is 49.1. The van der Waals surface area contributed by atoms with E-state index in [2.05, 4.69) is 15.3 Å². The number of benzene rings is 1. The summed E-state index contributed by atoms with van der Waals surface area (Å²) in [6.07, 6.45) is -5.23. The molecule has 0 aliphatic carbocycles. The summed E-state index contributed by atoms with van der Waals surface area (Å²) in [6.45, 7) is 1.67. The van der Waals surface area contributed by atoms with E-state index in [0.717, 1.165) is 11.3 Å². The van der Waals surface area contributed by atoms with Gasteiger partial charge in [-0.3, -0.25) is 4.79 Å². The number of carboxylic acids is 1. The number of hydrogen-bond acceptors (Lipinski definition) is 8. The number of alkyl halides is 3. The second-order valence-corrected chi connectivity index (χ2v) is 11.9. The number of nitrogen functional groups attached to an aromatic ring is 1. The fourth-order valence-corrected chi connectivity index (χ4v) is 6.45. The van der Waals surface area contributed by atoms with E-state index in [0.29, 0.717) is 53.9 Å². The predicted octanol–water partition coefficient (Wildman–Crippen LogP) is 5.81. The van der Waals surface area contributed by atoms with Gasteiger partial charge in [-0.15, -0.1) is 11.3 Å². The lowest BCUT2D eigenvalue weighted by Gasteiger charge is -2.39. The Kier molecular flexibility index (Phi) is 7.57. The molecule has 2 atom stereocenters. The minimum atomic E-state index is -4.79. The van der Waals surface area contributed by atoms with Crippen LogP contribution in [-0.4, -0.2) is 52.9 Å². The van der Waals surface area contributed by atoms with Gasteiger partial charge in [0.05, 0.1) is 4.34 Å². The highest BCUT2D eigenvalue weighted by atomic mass is 35.5. The van der Waals surface area contributed by atoms with E-state index in [1.807, 2.05) is 4.90 Å².